The maximum atomic E-state index is 11.4. The van der Waals surface area contributed by atoms with Crippen LogP contribution in [0.1, 0.15) is 31.5 Å². The molecule has 0 atom stereocenters. The molecular weight excluding hydrogens is 321 g/mol. The van der Waals surface area contributed by atoms with Gasteiger partial charge in [0.15, 0.2) is 0 Å². The number of carbonyl (C=O) groups excluding carboxylic acids is 1. The molecule has 2 heterocycles. The molecule has 1 saturated heterocycles. The van der Waals surface area contributed by atoms with Gasteiger partial charge in [0.05, 0.1) is 11.9 Å². The quantitative estimate of drug-likeness (QED) is 0.896. The fourth-order valence-electron chi connectivity index (χ4n) is 2.87. The van der Waals surface area contributed by atoms with Gasteiger partial charge in [0.2, 0.25) is 5.91 Å². The number of hydrogen-bond acceptors (Lipinski definition) is 2. The first-order valence-corrected chi connectivity index (χ1v) is 8.05. The van der Waals surface area contributed by atoms with E-state index in [-0.39, 0.29) is 5.91 Å². The zero-order valence-electron chi connectivity index (χ0n) is 12.3. The fourth-order valence-corrected chi connectivity index (χ4v) is 3.39. The van der Waals surface area contributed by atoms with E-state index in [1.165, 1.54) is 0 Å². The van der Waals surface area contributed by atoms with E-state index in [2.05, 4.69) is 9.97 Å². The van der Waals surface area contributed by atoms with E-state index >= 15 is 0 Å². The summed E-state index contributed by atoms with van der Waals surface area (Å²) < 4.78 is 0. The van der Waals surface area contributed by atoms with Crippen LogP contribution in [0.4, 0.5) is 0 Å². The summed E-state index contributed by atoms with van der Waals surface area (Å²) in [6, 6.07) is 5.44. The Morgan fingerprint density at radius 2 is 1.86 bits per heavy atom. The van der Waals surface area contributed by atoms with Crippen LogP contribution in [-0.4, -0.2) is 33.9 Å². The number of H-pyrrole nitrogens is 1. The Morgan fingerprint density at radius 1 is 1.23 bits per heavy atom. The summed E-state index contributed by atoms with van der Waals surface area (Å²) in [6.07, 6.45) is 3.68. The molecule has 1 aromatic heterocycles. The molecule has 0 radical (unpaired) electrons. The summed E-state index contributed by atoms with van der Waals surface area (Å²) in [5.74, 6) is 1.47. The van der Waals surface area contributed by atoms with Crippen molar-refractivity contribution in [3.05, 3.63) is 40.3 Å². The molecule has 1 aliphatic heterocycles. The molecule has 1 fully saturated rings. The van der Waals surface area contributed by atoms with E-state index in [1.807, 2.05) is 23.2 Å². The summed E-state index contributed by atoms with van der Waals surface area (Å²) in [5, 5.41) is 1.21. The van der Waals surface area contributed by atoms with Gasteiger partial charge in [-0.2, -0.15) is 0 Å². The molecule has 1 aliphatic rings. The third-order valence-corrected chi connectivity index (χ3v) is 4.53. The van der Waals surface area contributed by atoms with Gasteiger partial charge in [0.1, 0.15) is 5.82 Å². The summed E-state index contributed by atoms with van der Waals surface area (Å²) in [6.45, 7) is 3.20. The molecule has 1 N–H and O–H groups in total. The van der Waals surface area contributed by atoms with Gasteiger partial charge in [-0.05, 0) is 31.0 Å². The van der Waals surface area contributed by atoms with Gasteiger partial charge in [0, 0.05) is 41.5 Å². The van der Waals surface area contributed by atoms with E-state index in [9.17, 15) is 4.79 Å². The van der Waals surface area contributed by atoms with Crippen molar-refractivity contribution in [2.45, 2.75) is 25.7 Å². The molecule has 6 heteroatoms. The number of piperidine rings is 1. The maximum absolute atomic E-state index is 11.4. The third kappa shape index (κ3) is 3.28. The number of carbonyl (C=O) groups is 1. The largest absolute Gasteiger partial charge is 0.343 e. The number of aromatic amines is 1. The number of halogens is 2. The number of nitrogens with zero attached hydrogens (tertiary/aromatic N) is 2. The van der Waals surface area contributed by atoms with Crippen LogP contribution in [0.3, 0.4) is 0 Å². The molecule has 116 valence electrons. The summed E-state index contributed by atoms with van der Waals surface area (Å²) >= 11 is 12.1. The van der Waals surface area contributed by atoms with Crippen LogP contribution >= 0.6 is 23.2 Å². The number of likely N-dealkylation sites (tertiary alicyclic amines) is 1. The second-order valence-electron chi connectivity index (χ2n) is 5.62. The lowest BCUT2D eigenvalue weighted by molar-refractivity contribution is -0.129. The second kappa shape index (κ2) is 6.31. The minimum atomic E-state index is 0.146. The zero-order valence-corrected chi connectivity index (χ0v) is 13.8. The molecule has 4 nitrogen and oxygen atoms in total. The number of amides is 1. The standard InChI is InChI=1S/C16H17Cl2N3O/c1-10(22)21-4-2-11(3-5-21)16-19-9-15(20-16)12-6-13(17)8-14(18)7-12/h6-9,11H,2-5H2,1H3,(H,19,20). The Bertz CT molecular complexity index is 670. The number of aromatic nitrogens is 2. The molecule has 0 bridgehead atoms. The molecule has 2 aromatic rings. The van der Waals surface area contributed by atoms with Crippen molar-refractivity contribution < 1.29 is 4.79 Å². The van der Waals surface area contributed by atoms with Gasteiger partial charge in [-0.1, -0.05) is 23.2 Å². The predicted octanol–water partition coefficient (Wildman–Crippen LogP) is 4.11. The molecule has 0 unspecified atom stereocenters. The Hall–Kier alpha value is -1.52. The molecule has 0 aliphatic carbocycles. The zero-order chi connectivity index (χ0) is 15.7. The highest BCUT2D eigenvalue weighted by atomic mass is 35.5. The van der Waals surface area contributed by atoms with Crippen LogP contribution in [0, 0.1) is 0 Å². The van der Waals surface area contributed by atoms with Crippen molar-refractivity contribution >= 4 is 29.1 Å². The van der Waals surface area contributed by atoms with Gasteiger partial charge in [0.25, 0.3) is 0 Å². The second-order valence-corrected chi connectivity index (χ2v) is 6.49. The highest BCUT2D eigenvalue weighted by molar-refractivity contribution is 6.35. The van der Waals surface area contributed by atoms with Crippen LogP contribution in [0.2, 0.25) is 10.0 Å². The Morgan fingerprint density at radius 3 is 2.45 bits per heavy atom. The van der Waals surface area contributed by atoms with Crippen LogP contribution in [-0.2, 0) is 4.79 Å². The van der Waals surface area contributed by atoms with Crippen molar-refractivity contribution in [3.8, 4) is 11.3 Å². The molecule has 0 spiro atoms. The maximum Gasteiger partial charge on any atom is 0.219 e. The smallest absolute Gasteiger partial charge is 0.219 e. The van der Waals surface area contributed by atoms with Gasteiger partial charge in [-0.25, -0.2) is 4.98 Å². The molecule has 3 rings (SSSR count). The molecule has 1 amide bonds. The number of imidazole rings is 1. The SMILES string of the molecule is CC(=O)N1CCC(c2ncc(-c3cc(Cl)cc(Cl)c3)[nH]2)CC1. The van der Waals surface area contributed by atoms with E-state index in [0.717, 1.165) is 43.0 Å². The number of hydrogen-bond donors (Lipinski definition) is 1. The fraction of sp³-hybridized carbons (Fsp3) is 0.375. The van der Waals surface area contributed by atoms with Gasteiger partial charge in [-0.3, -0.25) is 4.79 Å². The lowest BCUT2D eigenvalue weighted by atomic mass is 9.96. The summed E-state index contributed by atoms with van der Waals surface area (Å²) in [4.78, 5) is 21.1. The first kappa shape index (κ1) is 15.4. The Balaban J connectivity index is 1.75. The summed E-state index contributed by atoms with van der Waals surface area (Å²) in [7, 11) is 0. The van der Waals surface area contributed by atoms with Crippen molar-refractivity contribution in [1.29, 1.82) is 0 Å². The topological polar surface area (TPSA) is 49.0 Å². The first-order valence-electron chi connectivity index (χ1n) is 7.30. The van der Waals surface area contributed by atoms with E-state index in [1.54, 1.807) is 13.0 Å². The number of benzene rings is 1. The lowest BCUT2D eigenvalue weighted by Crippen LogP contribution is -2.36. The van der Waals surface area contributed by atoms with Crippen molar-refractivity contribution in [3.63, 3.8) is 0 Å². The Labute approximate surface area is 139 Å². The van der Waals surface area contributed by atoms with Crippen molar-refractivity contribution in [2.24, 2.45) is 0 Å². The average Bonchev–Trinajstić information content (AvgIpc) is 2.96. The highest BCUT2D eigenvalue weighted by Crippen LogP contribution is 2.30. The molecule has 0 saturated carbocycles. The van der Waals surface area contributed by atoms with Crippen molar-refractivity contribution in [2.75, 3.05) is 13.1 Å². The third-order valence-electron chi connectivity index (χ3n) is 4.10. The monoisotopic (exact) mass is 337 g/mol. The van der Waals surface area contributed by atoms with E-state index in [4.69, 9.17) is 23.2 Å². The number of rotatable bonds is 2. The number of nitrogens with one attached hydrogen (secondary N) is 1. The normalized spacial score (nSPS) is 16.0. The van der Waals surface area contributed by atoms with Gasteiger partial charge >= 0.3 is 0 Å². The van der Waals surface area contributed by atoms with Crippen LogP contribution in [0.5, 0.6) is 0 Å². The van der Waals surface area contributed by atoms with E-state index in [0.29, 0.717) is 16.0 Å². The minimum absolute atomic E-state index is 0.146. The molecule has 1 aromatic carbocycles. The average molecular weight is 338 g/mol. The highest BCUT2D eigenvalue weighted by Gasteiger charge is 2.24. The van der Waals surface area contributed by atoms with Crippen molar-refractivity contribution in [1.82, 2.24) is 14.9 Å². The van der Waals surface area contributed by atoms with E-state index < -0.39 is 0 Å². The predicted molar refractivity (Wildman–Crippen MR) is 88.3 cm³/mol. The van der Waals surface area contributed by atoms with Crippen LogP contribution in [0.25, 0.3) is 11.3 Å². The minimum Gasteiger partial charge on any atom is -0.343 e. The molecular formula is C16H17Cl2N3O. The van der Waals surface area contributed by atoms with Gasteiger partial charge in [-0.15, -0.1) is 0 Å². The lowest BCUT2D eigenvalue weighted by Gasteiger charge is -2.30. The van der Waals surface area contributed by atoms with Crippen LogP contribution in [0.15, 0.2) is 24.4 Å². The summed E-state index contributed by atoms with van der Waals surface area (Å²) in [5.41, 5.74) is 1.84. The molecule has 22 heavy (non-hydrogen) atoms. The Kier molecular flexibility index (Phi) is 4.41. The first-order chi connectivity index (χ1) is 10.5. The van der Waals surface area contributed by atoms with Crippen LogP contribution < -0.4 is 0 Å². The van der Waals surface area contributed by atoms with Gasteiger partial charge < -0.3 is 9.88 Å².